The van der Waals surface area contributed by atoms with E-state index >= 15 is 0 Å². The van der Waals surface area contributed by atoms with Gasteiger partial charge in [-0.05, 0) is 47.9 Å². The highest BCUT2D eigenvalue weighted by molar-refractivity contribution is 5.35. The van der Waals surface area contributed by atoms with Crippen LogP contribution in [0.4, 0.5) is 0 Å². The Morgan fingerprint density at radius 3 is 2.00 bits per heavy atom. The van der Waals surface area contributed by atoms with Crippen molar-refractivity contribution in [1.29, 1.82) is 0 Å². The van der Waals surface area contributed by atoms with Crippen molar-refractivity contribution in [3.05, 3.63) is 95.6 Å². The van der Waals surface area contributed by atoms with Crippen LogP contribution < -0.4 is 9.47 Å². The Morgan fingerprint density at radius 1 is 0.652 bits per heavy atom. The van der Waals surface area contributed by atoms with Crippen LogP contribution in [0.2, 0.25) is 0 Å². The smallest absolute Gasteiger partial charge is 0.120 e. The molecular weight excluding hydrogens is 284 g/mol. The molecule has 2 nitrogen and oxygen atoms in total. The van der Waals surface area contributed by atoms with Crippen molar-refractivity contribution in [2.24, 2.45) is 0 Å². The average Bonchev–Trinajstić information content (AvgIpc) is 2.61. The Kier molecular flexibility index (Phi) is 4.95. The molecule has 3 aromatic rings. The molecule has 23 heavy (non-hydrogen) atoms. The summed E-state index contributed by atoms with van der Waals surface area (Å²) < 4.78 is 11.7. The van der Waals surface area contributed by atoms with Crippen LogP contribution in [0.15, 0.2) is 78.9 Å². The highest BCUT2D eigenvalue weighted by Crippen LogP contribution is 2.20. The molecule has 0 fully saturated rings. The molecule has 0 saturated heterocycles. The SMILES string of the molecule is Cc1cc(OCc2ccccc2)ccc1COc1ccccc1. The van der Waals surface area contributed by atoms with Gasteiger partial charge < -0.3 is 9.47 Å². The van der Waals surface area contributed by atoms with Crippen molar-refractivity contribution in [2.75, 3.05) is 0 Å². The molecule has 3 aromatic carbocycles. The lowest BCUT2D eigenvalue weighted by molar-refractivity contribution is 0.300. The summed E-state index contributed by atoms with van der Waals surface area (Å²) in [5.41, 5.74) is 3.51. The molecule has 0 N–H and O–H groups in total. The molecule has 0 amide bonds. The van der Waals surface area contributed by atoms with Crippen LogP contribution in [-0.4, -0.2) is 0 Å². The fraction of sp³-hybridized carbons (Fsp3) is 0.143. The lowest BCUT2D eigenvalue weighted by Gasteiger charge is -2.11. The van der Waals surface area contributed by atoms with Crippen molar-refractivity contribution in [3.63, 3.8) is 0 Å². The first-order chi connectivity index (χ1) is 11.3. The van der Waals surface area contributed by atoms with E-state index in [1.54, 1.807) is 0 Å². The minimum absolute atomic E-state index is 0.564. The van der Waals surface area contributed by atoms with Gasteiger partial charge in [0.05, 0.1) is 0 Å². The van der Waals surface area contributed by atoms with E-state index in [2.05, 4.69) is 31.2 Å². The van der Waals surface area contributed by atoms with Crippen LogP contribution in [0.25, 0.3) is 0 Å². The number of hydrogen-bond donors (Lipinski definition) is 0. The van der Waals surface area contributed by atoms with Crippen LogP contribution >= 0.6 is 0 Å². The van der Waals surface area contributed by atoms with Gasteiger partial charge in [0.25, 0.3) is 0 Å². The second kappa shape index (κ2) is 7.50. The summed E-state index contributed by atoms with van der Waals surface area (Å²) in [5.74, 6) is 1.77. The van der Waals surface area contributed by atoms with Crippen molar-refractivity contribution in [2.45, 2.75) is 20.1 Å². The van der Waals surface area contributed by atoms with Gasteiger partial charge in [0.15, 0.2) is 0 Å². The van der Waals surface area contributed by atoms with Crippen molar-refractivity contribution in [1.82, 2.24) is 0 Å². The number of para-hydroxylation sites is 1. The van der Waals surface area contributed by atoms with E-state index in [-0.39, 0.29) is 0 Å². The van der Waals surface area contributed by atoms with Gasteiger partial charge in [-0.25, -0.2) is 0 Å². The lowest BCUT2D eigenvalue weighted by Crippen LogP contribution is -2.00. The van der Waals surface area contributed by atoms with E-state index in [0.29, 0.717) is 13.2 Å². The number of ether oxygens (including phenoxy) is 2. The Bertz CT molecular complexity index is 736. The first-order valence-corrected chi connectivity index (χ1v) is 7.75. The second-order valence-corrected chi connectivity index (χ2v) is 5.46. The van der Waals surface area contributed by atoms with Gasteiger partial charge in [-0.2, -0.15) is 0 Å². The molecule has 0 radical (unpaired) electrons. The zero-order chi connectivity index (χ0) is 15.9. The fourth-order valence-corrected chi connectivity index (χ4v) is 2.34. The molecule has 0 atom stereocenters. The van der Waals surface area contributed by atoms with Gasteiger partial charge in [-0.1, -0.05) is 54.6 Å². The summed E-state index contributed by atoms with van der Waals surface area (Å²) in [6.45, 7) is 3.23. The number of benzene rings is 3. The van der Waals surface area contributed by atoms with Gasteiger partial charge in [-0.3, -0.25) is 0 Å². The topological polar surface area (TPSA) is 18.5 Å². The normalized spacial score (nSPS) is 10.3. The molecule has 0 unspecified atom stereocenters. The standard InChI is InChI=1S/C21H20O2/c1-17-14-21(22-15-18-8-4-2-5-9-18)13-12-19(17)16-23-20-10-6-3-7-11-20/h2-14H,15-16H2,1H3. The molecule has 116 valence electrons. The molecule has 2 heteroatoms. The molecule has 0 aliphatic carbocycles. The monoisotopic (exact) mass is 304 g/mol. The molecule has 0 spiro atoms. The third kappa shape index (κ3) is 4.36. The number of rotatable bonds is 6. The lowest BCUT2D eigenvalue weighted by atomic mass is 10.1. The summed E-state index contributed by atoms with van der Waals surface area (Å²) in [6.07, 6.45) is 0. The summed E-state index contributed by atoms with van der Waals surface area (Å²) in [6, 6.07) is 26.2. The summed E-state index contributed by atoms with van der Waals surface area (Å²) in [4.78, 5) is 0. The van der Waals surface area contributed by atoms with E-state index in [4.69, 9.17) is 9.47 Å². The molecule has 0 bridgehead atoms. The van der Waals surface area contributed by atoms with Crippen LogP contribution in [0.1, 0.15) is 16.7 Å². The van der Waals surface area contributed by atoms with Gasteiger partial charge in [0.1, 0.15) is 24.7 Å². The fourth-order valence-electron chi connectivity index (χ4n) is 2.34. The van der Waals surface area contributed by atoms with Crippen molar-refractivity contribution in [3.8, 4) is 11.5 Å². The van der Waals surface area contributed by atoms with E-state index in [0.717, 1.165) is 11.5 Å². The maximum Gasteiger partial charge on any atom is 0.120 e. The van der Waals surface area contributed by atoms with E-state index in [9.17, 15) is 0 Å². The third-order valence-corrected chi connectivity index (χ3v) is 3.70. The largest absolute Gasteiger partial charge is 0.489 e. The maximum atomic E-state index is 5.85. The molecule has 0 heterocycles. The number of hydrogen-bond acceptors (Lipinski definition) is 2. The van der Waals surface area contributed by atoms with Crippen molar-refractivity contribution >= 4 is 0 Å². The third-order valence-electron chi connectivity index (χ3n) is 3.70. The van der Waals surface area contributed by atoms with E-state index < -0.39 is 0 Å². The molecule has 0 aliphatic heterocycles. The average molecular weight is 304 g/mol. The highest BCUT2D eigenvalue weighted by Gasteiger charge is 2.03. The van der Waals surface area contributed by atoms with Gasteiger partial charge >= 0.3 is 0 Å². The first-order valence-electron chi connectivity index (χ1n) is 7.75. The maximum absolute atomic E-state index is 5.85. The molecular formula is C21H20O2. The van der Waals surface area contributed by atoms with Crippen LogP contribution in [0.3, 0.4) is 0 Å². The summed E-state index contributed by atoms with van der Waals surface area (Å²) in [5, 5.41) is 0. The quantitative estimate of drug-likeness (QED) is 0.627. The second-order valence-electron chi connectivity index (χ2n) is 5.46. The Morgan fingerprint density at radius 2 is 1.30 bits per heavy atom. The Labute approximate surface area is 137 Å². The zero-order valence-corrected chi connectivity index (χ0v) is 13.2. The predicted molar refractivity (Wildman–Crippen MR) is 92.7 cm³/mol. The van der Waals surface area contributed by atoms with Crippen LogP contribution in [0, 0.1) is 6.92 Å². The predicted octanol–water partition coefficient (Wildman–Crippen LogP) is 5.15. The highest BCUT2D eigenvalue weighted by atomic mass is 16.5. The summed E-state index contributed by atoms with van der Waals surface area (Å²) in [7, 11) is 0. The van der Waals surface area contributed by atoms with Gasteiger partial charge in [0.2, 0.25) is 0 Å². The van der Waals surface area contributed by atoms with E-state index in [1.807, 2.05) is 54.6 Å². The summed E-state index contributed by atoms with van der Waals surface area (Å²) >= 11 is 0. The minimum atomic E-state index is 0.564. The van der Waals surface area contributed by atoms with Gasteiger partial charge in [-0.15, -0.1) is 0 Å². The minimum Gasteiger partial charge on any atom is -0.489 e. The van der Waals surface area contributed by atoms with Gasteiger partial charge in [0, 0.05) is 0 Å². The molecule has 0 saturated carbocycles. The van der Waals surface area contributed by atoms with Crippen LogP contribution in [-0.2, 0) is 13.2 Å². The molecule has 0 aliphatic rings. The molecule has 3 rings (SSSR count). The number of aryl methyl sites for hydroxylation is 1. The van der Waals surface area contributed by atoms with E-state index in [1.165, 1.54) is 16.7 Å². The zero-order valence-electron chi connectivity index (χ0n) is 13.2. The first kappa shape index (κ1) is 15.2. The molecule has 0 aromatic heterocycles. The van der Waals surface area contributed by atoms with Crippen LogP contribution in [0.5, 0.6) is 11.5 Å². The van der Waals surface area contributed by atoms with Crippen molar-refractivity contribution < 1.29 is 9.47 Å². The Balaban J connectivity index is 1.59. The Hall–Kier alpha value is -2.74.